The highest BCUT2D eigenvalue weighted by molar-refractivity contribution is 6.18. The summed E-state index contributed by atoms with van der Waals surface area (Å²) in [6.07, 6.45) is -4.53. The van der Waals surface area contributed by atoms with Crippen LogP contribution in [0.3, 0.4) is 0 Å². The number of rotatable bonds is 8. The fraction of sp³-hybridized carbons (Fsp3) is 0.917. The van der Waals surface area contributed by atoms with Crippen LogP contribution in [0.25, 0.3) is 0 Å². The van der Waals surface area contributed by atoms with Gasteiger partial charge in [0.2, 0.25) is 0 Å². The second-order valence-corrected chi connectivity index (χ2v) is 4.92. The van der Waals surface area contributed by atoms with E-state index in [4.69, 9.17) is 26.2 Å². The van der Waals surface area contributed by atoms with E-state index in [0.717, 1.165) is 0 Å². The summed E-state index contributed by atoms with van der Waals surface area (Å²) in [6.45, 7) is 2.57. The lowest BCUT2D eigenvalue weighted by molar-refractivity contribution is -0.0839. The topological polar surface area (TPSA) is 111 Å². The van der Waals surface area contributed by atoms with Gasteiger partial charge in [-0.05, 0) is 6.92 Å². The van der Waals surface area contributed by atoms with E-state index in [9.17, 15) is 15.0 Å². The van der Waals surface area contributed by atoms with Crippen molar-refractivity contribution in [2.75, 3.05) is 38.8 Å². The van der Waals surface area contributed by atoms with Crippen LogP contribution in [0.4, 0.5) is 4.79 Å². The van der Waals surface area contributed by atoms with Gasteiger partial charge in [-0.3, -0.25) is 4.90 Å². The molecule has 2 amide bonds. The van der Waals surface area contributed by atoms with Crippen LogP contribution in [0.2, 0.25) is 0 Å². The lowest BCUT2D eigenvalue weighted by atomic mass is 10.1. The van der Waals surface area contributed by atoms with Crippen molar-refractivity contribution in [3.63, 3.8) is 0 Å². The minimum absolute atomic E-state index is 0.175. The molecule has 4 atom stereocenters. The average Bonchev–Trinajstić information content (AvgIpc) is 2.77. The standard InChI is InChI=1S/C12H23ClN2O6/c1-2-20-6-5-15(12(19)14-4-3-13)11-10(18)9(17)8(7-16)21-11/h8-11,16-18H,2-7H2,1H3,(H,14,19)/t8-,9-,10-,11-/m1/s1. The van der Waals surface area contributed by atoms with Gasteiger partial charge in [-0.1, -0.05) is 0 Å². The first-order chi connectivity index (χ1) is 10.1. The molecule has 0 aromatic heterocycles. The van der Waals surface area contributed by atoms with Gasteiger partial charge >= 0.3 is 6.03 Å². The monoisotopic (exact) mass is 326 g/mol. The van der Waals surface area contributed by atoms with Crippen LogP contribution >= 0.6 is 11.6 Å². The third-order valence-electron chi connectivity index (χ3n) is 3.14. The van der Waals surface area contributed by atoms with Crippen LogP contribution in [0.15, 0.2) is 0 Å². The summed E-state index contributed by atoms with van der Waals surface area (Å²) in [5.41, 5.74) is 0. The molecule has 0 aliphatic carbocycles. The number of carbonyl (C=O) groups excluding carboxylic acids is 1. The van der Waals surface area contributed by atoms with Gasteiger partial charge in [0.15, 0.2) is 6.23 Å². The number of hydrogen-bond donors (Lipinski definition) is 4. The van der Waals surface area contributed by atoms with E-state index in [1.165, 1.54) is 4.90 Å². The first kappa shape index (κ1) is 18.4. The second-order valence-electron chi connectivity index (χ2n) is 4.54. The minimum atomic E-state index is -1.30. The van der Waals surface area contributed by atoms with Gasteiger partial charge in [0, 0.05) is 25.6 Å². The molecule has 0 bridgehead atoms. The summed E-state index contributed by atoms with van der Waals surface area (Å²) in [5.74, 6) is 0.251. The predicted molar refractivity (Wildman–Crippen MR) is 75.1 cm³/mol. The van der Waals surface area contributed by atoms with Crippen LogP contribution in [-0.4, -0.2) is 89.6 Å². The van der Waals surface area contributed by atoms with Gasteiger partial charge in [-0.15, -0.1) is 11.6 Å². The molecule has 0 aromatic carbocycles. The summed E-state index contributed by atoms with van der Waals surface area (Å²) >= 11 is 5.52. The zero-order chi connectivity index (χ0) is 15.8. The molecule has 1 aliphatic rings. The van der Waals surface area contributed by atoms with E-state index < -0.39 is 37.2 Å². The minimum Gasteiger partial charge on any atom is -0.394 e. The molecule has 4 N–H and O–H groups in total. The summed E-state index contributed by atoms with van der Waals surface area (Å²) in [7, 11) is 0. The fourth-order valence-corrected chi connectivity index (χ4v) is 2.14. The molecule has 1 rings (SSSR count). The van der Waals surface area contributed by atoms with Crippen molar-refractivity contribution in [1.29, 1.82) is 0 Å². The first-order valence-corrected chi connectivity index (χ1v) is 7.40. The van der Waals surface area contributed by atoms with E-state index in [1.807, 2.05) is 6.92 Å². The molecule has 9 heteroatoms. The molecule has 0 spiro atoms. The van der Waals surface area contributed by atoms with Gasteiger partial charge in [0.25, 0.3) is 0 Å². The van der Waals surface area contributed by atoms with Crippen molar-refractivity contribution < 1.29 is 29.6 Å². The summed E-state index contributed by atoms with van der Waals surface area (Å²) in [4.78, 5) is 13.3. The Morgan fingerprint density at radius 2 is 2.14 bits per heavy atom. The zero-order valence-electron chi connectivity index (χ0n) is 11.9. The highest BCUT2D eigenvalue weighted by atomic mass is 35.5. The Morgan fingerprint density at radius 1 is 1.43 bits per heavy atom. The maximum absolute atomic E-state index is 12.1. The molecule has 1 aliphatic heterocycles. The van der Waals surface area contributed by atoms with Gasteiger partial charge in [-0.25, -0.2) is 4.79 Å². The molecule has 1 saturated heterocycles. The van der Waals surface area contributed by atoms with Crippen molar-refractivity contribution in [3.05, 3.63) is 0 Å². The van der Waals surface area contributed by atoms with Gasteiger partial charge in [-0.2, -0.15) is 0 Å². The van der Waals surface area contributed by atoms with Crippen molar-refractivity contribution in [2.24, 2.45) is 0 Å². The van der Waals surface area contributed by atoms with E-state index in [0.29, 0.717) is 6.61 Å². The number of hydrogen-bond acceptors (Lipinski definition) is 6. The third kappa shape index (κ3) is 4.94. The quantitative estimate of drug-likeness (QED) is 0.326. The van der Waals surface area contributed by atoms with E-state index >= 15 is 0 Å². The Hall–Kier alpha value is -0.640. The molecule has 8 nitrogen and oxygen atoms in total. The molecule has 1 fully saturated rings. The van der Waals surface area contributed by atoms with Crippen LogP contribution in [-0.2, 0) is 9.47 Å². The summed E-state index contributed by atoms with van der Waals surface area (Å²) < 4.78 is 10.6. The van der Waals surface area contributed by atoms with E-state index in [-0.39, 0.29) is 25.6 Å². The van der Waals surface area contributed by atoms with Gasteiger partial charge < -0.3 is 30.1 Å². The Morgan fingerprint density at radius 3 is 2.67 bits per heavy atom. The van der Waals surface area contributed by atoms with E-state index in [1.54, 1.807) is 0 Å². The highest BCUT2D eigenvalue weighted by Gasteiger charge is 2.46. The van der Waals surface area contributed by atoms with E-state index in [2.05, 4.69) is 5.32 Å². The number of aliphatic hydroxyl groups is 3. The third-order valence-corrected chi connectivity index (χ3v) is 3.33. The van der Waals surface area contributed by atoms with Crippen molar-refractivity contribution in [1.82, 2.24) is 10.2 Å². The number of ether oxygens (including phenoxy) is 2. The smallest absolute Gasteiger partial charge is 0.319 e. The Labute approximate surface area is 128 Å². The maximum Gasteiger partial charge on any atom is 0.319 e. The number of aliphatic hydroxyl groups excluding tert-OH is 3. The molecular formula is C12H23ClN2O6. The van der Waals surface area contributed by atoms with Crippen molar-refractivity contribution >= 4 is 17.6 Å². The zero-order valence-corrected chi connectivity index (χ0v) is 12.7. The van der Waals surface area contributed by atoms with Crippen molar-refractivity contribution in [3.8, 4) is 0 Å². The first-order valence-electron chi connectivity index (χ1n) is 6.87. The number of nitrogens with zero attached hydrogens (tertiary/aromatic N) is 1. The van der Waals surface area contributed by atoms with Gasteiger partial charge in [0.1, 0.15) is 18.3 Å². The van der Waals surface area contributed by atoms with Crippen LogP contribution in [0.1, 0.15) is 6.92 Å². The molecule has 21 heavy (non-hydrogen) atoms. The van der Waals surface area contributed by atoms with Gasteiger partial charge in [0.05, 0.1) is 13.2 Å². The number of halogens is 1. The average molecular weight is 327 g/mol. The predicted octanol–water partition coefficient (Wildman–Crippen LogP) is -1.29. The summed E-state index contributed by atoms with van der Waals surface area (Å²) in [6, 6.07) is -0.481. The SMILES string of the molecule is CCOCCN(C(=O)NCCCl)[C@@H]1O[C@H](CO)[C@@H](O)[C@H]1O. The number of alkyl halides is 1. The van der Waals surface area contributed by atoms with Crippen molar-refractivity contribution in [2.45, 2.75) is 31.5 Å². The molecule has 0 aromatic rings. The molecule has 0 saturated carbocycles. The van der Waals surface area contributed by atoms with Crippen LogP contribution in [0.5, 0.6) is 0 Å². The number of carbonyl (C=O) groups is 1. The van der Waals surface area contributed by atoms with Crippen LogP contribution < -0.4 is 5.32 Å². The van der Waals surface area contributed by atoms with Crippen LogP contribution in [0, 0.1) is 0 Å². The summed E-state index contributed by atoms with van der Waals surface area (Å²) in [5, 5.41) is 31.4. The number of urea groups is 1. The number of amides is 2. The lowest BCUT2D eigenvalue weighted by Crippen LogP contribution is -2.52. The normalized spacial score (nSPS) is 28.6. The highest BCUT2D eigenvalue weighted by Crippen LogP contribution is 2.24. The maximum atomic E-state index is 12.1. The Bertz CT molecular complexity index is 322. The molecule has 124 valence electrons. The largest absolute Gasteiger partial charge is 0.394 e. The molecule has 1 heterocycles. The molecule has 0 unspecified atom stereocenters. The molecular weight excluding hydrogens is 304 g/mol. The number of nitrogens with one attached hydrogen (secondary N) is 1. The fourth-order valence-electron chi connectivity index (χ4n) is 2.04. The molecule has 0 radical (unpaired) electrons. The Kier molecular flexibility index (Phi) is 8.23. The Balaban J connectivity index is 2.72. The lowest BCUT2D eigenvalue weighted by Gasteiger charge is -2.30. The second kappa shape index (κ2) is 9.39.